The maximum Gasteiger partial charge on any atom is 0.220 e. The molecule has 0 aliphatic heterocycles. The predicted octanol–water partition coefficient (Wildman–Crippen LogP) is 7.92. The molecule has 3 heteroatoms. The number of aryl methyl sites for hydroxylation is 2. The van der Waals surface area contributed by atoms with Crippen LogP contribution in [0.1, 0.15) is 11.1 Å². The van der Waals surface area contributed by atoms with Gasteiger partial charge in [0.15, 0.2) is 0 Å². The van der Waals surface area contributed by atoms with E-state index in [4.69, 9.17) is 4.98 Å². The van der Waals surface area contributed by atoms with E-state index >= 15 is 0 Å². The maximum atomic E-state index is 5.09. The molecule has 3 nitrogen and oxygen atoms in total. The van der Waals surface area contributed by atoms with Gasteiger partial charge in [0.2, 0.25) is 5.78 Å². The average molecular weight is 436 g/mol. The average Bonchev–Trinajstić information content (AvgIpc) is 3.47. The fraction of sp³-hybridized carbons (Fsp3) is 0.0645. The number of hydrogen-bond acceptors (Lipinski definition) is 1. The third-order valence-electron chi connectivity index (χ3n) is 7.25. The minimum atomic E-state index is 0.976. The van der Waals surface area contributed by atoms with Crippen LogP contribution in [0.5, 0.6) is 0 Å². The number of nitrogens with zero attached hydrogens (tertiary/aromatic N) is 3. The van der Waals surface area contributed by atoms with E-state index in [2.05, 4.69) is 114 Å². The second kappa shape index (κ2) is 6.15. The van der Waals surface area contributed by atoms with E-state index in [9.17, 15) is 0 Å². The van der Waals surface area contributed by atoms with Crippen LogP contribution in [0.3, 0.4) is 0 Å². The summed E-state index contributed by atoms with van der Waals surface area (Å²) in [6.45, 7) is 4.35. The van der Waals surface area contributed by atoms with Crippen molar-refractivity contribution in [1.29, 1.82) is 0 Å². The number of aromatic nitrogens is 3. The van der Waals surface area contributed by atoms with Gasteiger partial charge in [-0.15, -0.1) is 0 Å². The van der Waals surface area contributed by atoms with E-state index in [0.717, 1.165) is 16.8 Å². The lowest BCUT2D eigenvalue weighted by Gasteiger charge is -2.07. The van der Waals surface area contributed by atoms with E-state index < -0.39 is 0 Å². The molecule has 34 heavy (non-hydrogen) atoms. The Morgan fingerprint density at radius 1 is 0.559 bits per heavy atom. The number of para-hydroxylation sites is 2. The van der Waals surface area contributed by atoms with Gasteiger partial charge in [-0.3, -0.25) is 8.80 Å². The second-order valence-corrected chi connectivity index (χ2v) is 9.56. The van der Waals surface area contributed by atoms with Gasteiger partial charge >= 0.3 is 0 Å². The van der Waals surface area contributed by atoms with Gasteiger partial charge in [0.05, 0.1) is 27.6 Å². The quantitative estimate of drug-likeness (QED) is 0.257. The van der Waals surface area contributed by atoms with Crippen molar-refractivity contribution in [2.45, 2.75) is 13.8 Å². The van der Waals surface area contributed by atoms with Crippen LogP contribution in [0.15, 0.2) is 91.0 Å². The first kappa shape index (κ1) is 18.1. The number of hydrogen-bond donors (Lipinski definition) is 0. The predicted molar refractivity (Wildman–Crippen MR) is 142 cm³/mol. The Balaban J connectivity index is 1.65. The monoisotopic (exact) mass is 435 g/mol. The first-order chi connectivity index (χ1) is 16.7. The highest BCUT2D eigenvalue weighted by molar-refractivity contribution is 6.19. The summed E-state index contributed by atoms with van der Waals surface area (Å²) in [7, 11) is 0. The summed E-state index contributed by atoms with van der Waals surface area (Å²) in [4.78, 5) is 5.09. The molecule has 3 heterocycles. The summed E-state index contributed by atoms with van der Waals surface area (Å²) < 4.78 is 4.69. The molecule has 0 N–H and O–H groups in total. The lowest BCUT2D eigenvalue weighted by molar-refractivity contribution is 1.22. The molecular formula is C31H21N3. The molecule has 0 saturated carbocycles. The van der Waals surface area contributed by atoms with Gasteiger partial charge in [-0.25, -0.2) is 4.98 Å². The smallest absolute Gasteiger partial charge is 0.220 e. The van der Waals surface area contributed by atoms with Crippen molar-refractivity contribution in [2.24, 2.45) is 0 Å². The van der Waals surface area contributed by atoms with Gasteiger partial charge in [0, 0.05) is 10.8 Å². The Bertz CT molecular complexity index is 2070. The highest BCUT2D eigenvalue weighted by atomic mass is 15.2. The fourth-order valence-corrected chi connectivity index (χ4v) is 5.90. The van der Waals surface area contributed by atoms with E-state index in [-0.39, 0.29) is 0 Å². The standard InChI is InChI=1S/C31H21N3/c1-18-11-19(2)13-22(12-18)23-15-25-24-14-20-7-3-4-8-21(20)16-28(24)34-30(25)29(17-23)33-27-10-6-5-9-26(27)32-31(33)34/h3-17H,1-2H3. The molecule has 0 amide bonds. The Morgan fingerprint density at radius 3 is 2.09 bits per heavy atom. The third kappa shape index (κ3) is 2.24. The van der Waals surface area contributed by atoms with Crippen molar-refractivity contribution >= 4 is 54.9 Å². The highest BCUT2D eigenvalue weighted by Crippen LogP contribution is 2.41. The first-order valence-electron chi connectivity index (χ1n) is 11.7. The van der Waals surface area contributed by atoms with Crippen LogP contribution in [0.4, 0.5) is 0 Å². The molecule has 0 radical (unpaired) electrons. The molecule has 3 aromatic heterocycles. The van der Waals surface area contributed by atoms with Gasteiger partial charge in [0.25, 0.3) is 0 Å². The van der Waals surface area contributed by atoms with Crippen LogP contribution >= 0.6 is 0 Å². The minimum Gasteiger partial charge on any atom is -0.277 e. The van der Waals surface area contributed by atoms with E-state index in [1.807, 2.05) is 0 Å². The van der Waals surface area contributed by atoms with Gasteiger partial charge in [-0.1, -0.05) is 65.7 Å². The lowest BCUT2D eigenvalue weighted by Crippen LogP contribution is -1.86. The van der Waals surface area contributed by atoms with Crippen molar-refractivity contribution in [3.63, 3.8) is 0 Å². The van der Waals surface area contributed by atoms with Gasteiger partial charge in [0.1, 0.15) is 0 Å². The van der Waals surface area contributed by atoms with Crippen LogP contribution in [0.25, 0.3) is 66.0 Å². The summed E-state index contributed by atoms with van der Waals surface area (Å²) >= 11 is 0. The van der Waals surface area contributed by atoms with E-state index in [0.29, 0.717) is 0 Å². The normalized spacial score (nSPS) is 12.4. The Morgan fingerprint density at radius 2 is 1.26 bits per heavy atom. The van der Waals surface area contributed by atoms with Crippen molar-refractivity contribution in [3.05, 3.63) is 102 Å². The second-order valence-electron chi connectivity index (χ2n) is 9.56. The zero-order chi connectivity index (χ0) is 22.6. The fourth-order valence-electron chi connectivity index (χ4n) is 5.90. The van der Waals surface area contributed by atoms with Crippen molar-refractivity contribution < 1.29 is 0 Å². The lowest BCUT2D eigenvalue weighted by atomic mass is 9.98. The summed E-state index contributed by atoms with van der Waals surface area (Å²) in [6, 6.07) is 33.3. The van der Waals surface area contributed by atoms with Crippen LogP contribution in [0, 0.1) is 13.8 Å². The summed E-state index contributed by atoms with van der Waals surface area (Å²) in [5.74, 6) is 0.976. The third-order valence-corrected chi connectivity index (χ3v) is 7.25. The van der Waals surface area contributed by atoms with Crippen LogP contribution in [0.2, 0.25) is 0 Å². The largest absolute Gasteiger partial charge is 0.277 e. The van der Waals surface area contributed by atoms with Crippen LogP contribution < -0.4 is 0 Å². The summed E-state index contributed by atoms with van der Waals surface area (Å²) in [5, 5.41) is 5.07. The van der Waals surface area contributed by atoms with Gasteiger partial charge in [-0.2, -0.15) is 0 Å². The number of benzene rings is 5. The van der Waals surface area contributed by atoms with Gasteiger partial charge in [-0.05, 0) is 72.1 Å². The van der Waals surface area contributed by atoms with E-state index in [1.165, 1.54) is 60.3 Å². The maximum absolute atomic E-state index is 5.09. The van der Waals surface area contributed by atoms with Gasteiger partial charge < -0.3 is 0 Å². The van der Waals surface area contributed by atoms with Crippen molar-refractivity contribution in [3.8, 4) is 11.1 Å². The Labute approximate surface area is 195 Å². The van der Waals surface area contributed by atoms with Crippen LogP contribution in [-0.2, 0) is 0 Å². The van der Waals surface area contributed by atoms with Crippen molar-refractivity contribution in [1.82, 2.24) is 13.8 Å². The zero-order valence-corrected chi connectivity index (χ0v) is 19.0. The topological polar surface area (TPSA) is 21.7 Å². The molecule has 0 fully saturated rings. The Kier molecular flexibility index (Phi) is 3.27. The molecule has 0 spiro atoms. The number of imidazole rings is 2. The molecule has 8 aromatic rings. The van der Waals surface area contributed by atoms with E-state index in [1.54, 1.807) is 0 Å². The molecular weight excluding hydrogens is 414 g/mol. The molecule has 160 valence electrons. The highest BCUT2D eigenvalue weighted by Gasteiger charge is 2.22. The SMILES string of the molecule is Cc1cc(C)cc(-c2cc3c4cc5ccccc5cc4n4c3c(c2)n2c3ccccc3nc24)c1. The number of fused-ring (bicyclic) bond motifs is 9. The molecule has 0 aliphatic rings. The number of rotatable bonds is 1. The molecule has 8 rings (SSSR count). The summed E-state index contributed by atoms with van der Waals surface area (Å²) in [5.41, 5.74) is 10.9. The minimum absolute atomic E-state index is 0.976. The molecule has 0 bridgehead atoms. The molecule has 0 atom stereocenters. The Hall–Kier alpha value is -4.37. The molecule has 5 aromatic carbocycles. The van der Waals surface area contributed by atoms with Crippen LogP contribution in [-0.4, -0.2) is 13.8 Å². The molecule has 0 saturated heterocycles. The first-order valence-corrected chi connectivity index (χ1v) is 11.7. The zero-order valence-electron chi connectivity index (χ0n) is 19.0. The summed E-state index contributed by atoms with van der Waals surface area (Å²) in [6.07, 6.45) is 0. The molecule has 0 aliphatic carbocycles. The van der Waals surface area contributed by atoms with Crippen molar-refractivity contribution in [2.75, 3.05) is 0 Å². The molecule has 0 unspecified atom stereocenters.